The molecule has 0 atom stereocenters. The van der Waals surface area contributed by atoms with E-state index in [9.17, 15) is 21.6 Å². The maximum Gasteiger partial charge on any atom is 0.416 e. The molecule has 1 aliphatic carbocycles. The van der Waals surface area contributed by atoms with Crippen molar-refractivity contribution in [3.63, 3.8) is 0 Å². The summed E-state index contributed by atoms with van der Waals surface area (Å²) in [5.74, 6) is -0.346. The first kappa shape index (κ1) is 20.4. The van der Waals surface area contributed by atoms with Crippen LogP contribution >= 0.6 is 0 Å². The van der Waals surface area contributed by atoms with Crippen LogP contribution in [0.4, 0.5) is 13.2 Å². The normalized spacial score (nSPS) is 13.7. The smallest absolute Gasteiger partial charge is 0.227 e. The predicted molar refractivity (Wildman–Crippen MR) is 113 cm³/mol. The SMILES string of the molecule is O=S(=O)(Cc1cn(-c2ccc(C(F)(F)F)cc2)nn1)C1c2ccccc2-c2ccccc21. The highest BCUT2D eigenvalue weighted by atomic mass is 32.2. The van der Waals surface area contributed by atoms with Crippen LogP contribution in [0, 0.1) is 0 Å². The first-order valence-electron chi connectivity index (χ1n) is 9.73. The molecule has 0 saturated heterocycles. The number of halogens is 3. The molecule has 0 N–H and O–H groups in total. The molecule has 1 heterocycles. The Bertz CT molecular complexity index is 1370. The van der Waals surface area contributed by atoms with Gasteiger partial charge in [-0.05, 0) is 46.5 Å². The molecule has 162 valence electrons. The van der Waals surface area contributed by atoms with E-state index < -0.39 is 26.8 Å². The Balaban J connectivity index is 1.45. The Kier molecular flexibility index (Phi) is 4.67. The summed E-state index contributed by atoms with van der Waals surface area (Å²) in [5.41, 5.74) is 3.03. The molecule has 1 aromatic heterocycles. The number of nitrogens with zero attached hydrogens (tertiary/aromatic N) is 3. The average Bonchev–Trinajstić information content (AvgIpc) is 3.35. The molecule has 0 aliphatic heterocycles. The summed E-state index contributed by atoms with van der Waals surface area (Å²) < 4.78 is 66.4. The Labute approximate surface area is 182 Å². The second-order valence-corrected chi connectivity index (χ2v) is 9.65. The molecule has 5 rings (SSSR count). The summed E-state index contributed by atoms with van der Waals surface area (Å²) in [6.45, 7) is 0. The monoisotopic (exact) mass is 455 g/mol. The number of fused-ring (bicyclic) bond motifs is 3. The third-order valence-corrected chi connectivity index (χ3v) is 7.41. The van der Waals surface area contributed by atoms with E-state index in [2.05, 4.69) is 10.3 Å². The Morgan fingerprint density at radius 1 is 0.844 bits per heavy atom. The van der Waals surface area contributed by atoms with Crippen molar-refractivity contribution in [2.75, 3.05) is 0 Å². The van der Waals surface area contributed by atoms with Gasteiger partial charge in [0.25, 0.3) is 0 Å². The number of benzene rings is 3. The number of sulfone groups is 1. The molecule has 0 spiro atoms. The van der Waals surface area contributed by atoms with Gasteiger partial charge in [-0.15, -0.1) is 5.10 Å². The van der Waals surface area contributed by atoms with Crippen molar-refractivity contribution < 1.29 is 21.6 Å². The van der Waals surface area contributed by atoms with Crippen LogP contribution in [0.2, 0.25) is 0 Å². The van der Waals surface area contributed by atoms with Gasteiger partial charge >= 0.3 is 6.18 Å². The highest BCUT2D eigenvalue weighted by Crippen LogP contribution is 2.47. The van der Waals surface area contributed by atoms with E-state index >= 15 is 0 Å². The zero-order chi connectivity index (χ0) is 22.5. The molecule has 0 amide bonds. The summed E-state index contributed by atoms with van der Waals surface area (Å²) in [7, 11) is -3.70. The largest absolute Gasteiger partial charge is 0.416 e. The summed E-state index contributed by atoms with van der Waals surface area (Å²) in [6.07, 6.45) is -3.01. The number of rotatable bonds is 4. The minimum Gasteiger partial charge on any atom is -0.227 e. The van der Waals surface area contributed by atoms with Crippen molar-refractivity contribution in [1.82, 2.24) is 15.0 Å². The van der Waals surface area contributed by atoms with Gasteiger partial charge in [0.2, 0.25) is 0 Å². The van der Waals surface area contributed by atoms with Crippen LogP contribution in [0.1, 0.15) is 27.6 Å². The third-order valence-electron chi connectivity index (χ3n) is 5.48. The van der Waals surface area contributed by atoms with Gasteiger partial charge in [-0.2, -0.15) is 13.2 Å². The van der Waals surface area contributed by atoms with Crippen molar-refractivity contribution in [1.29, 1.82) is 0 Å². The van der Waals surface area contributed by atoms with E-state index in [1.54, 1.807) is 0 Å². The van der Waals surface area contributed by atoms with Crippen molar-refractivity contribution >= 4 is 9.84 Å². The Morgan fingerprint density at radius 2 is 1.41 bits per heavy atom. The Hall–Kier alpha value is -3.46. The molecule has 3 aromatic carbocycles. The number of alkyl halides is 3. The van der Waals surface area contributed by atoms with Crippen LogP contribution in [-0.2, 0) is 21.8 Å². The molecular weight excluding hydrogens is 439 g/mol. The first-order valence-corrected chi connectivity index (χ1v) is 11.4. The second kappa shape index (κ2) is 7.30. The van der Waals surface area contributed by atoms with E-state index in [4.69, 9.17) is 0 Å². The maximum absolute atomic E-state index is 13.4. The fraction of sp³-hybridized carbons (Fsp3) is 0.130. The summed E-state index contributed by atoms with van der Waals surface area (Å²) in [4.78, 5) is 0. The van der Waals surface area contributed by atoms with Crippen LogP contribution in [0.25, 0.3) is 16.8 Å². The lowest BCUT2D eigenvalue weighted by Crippen LogP contribution is -2.15. The lowest BCUT2D eigenvalue weighted by Gasteiger charge is -2.14. The van der Waals surface area contributed by atoms with Gasteiger partial charge in [-0.3, -0.25) is 0 Å². The molecule has 0 radical (unpaired) electrons. The molecule has 0 bridgehead atoms. The van der Waals surface area contributed by atoms with Crippen LogP contribution in [0.5, 0.6) is 0 Å². The van der Waals surface area contributed by atoms with Crippen LogP contribution in [-0.4, -0.2) is 23.4 Å². The maximum atomic E-state index is 13.4. The van der Waals surface area contributed by atoms with Gasteiger partial charge < -0.3 is 0 Å². The van der Waals surface area contributed by atoms with Crippen molar-refractivity contribution in [3.05, 3.63) is 101 Å². The highest BCUT2D eigenvalue weighted by Gasteiger charge is 2.38. The van der Waals surface area contributed by atoms with Crippen LogP contribution in [0.3, 0.4) is 0 Å². The number of hydrogen-bond acceptors (Lipinski definition) is 4. The van der Waals surface area contributed by atoms with Gasteiger partial charge in [0.05, 0.1) is 28.9 Å². The fourth-order valence-corrected chi connectivity index (χ4v) is 5.98. The number of hydrogen-bond donors (Lipinski definition) is 0. The van der Waals surface area contributed by atoms with Crippen molar-refractivity contribution in [3.8, 4) is 16.8 Å². The summed E-state index contributed by atoms with van der Waals surface area (Å²) in [6, 6.07) is 19.2. The van der Waals surface area contributed by atoms with Gasteiger partial charge in [0, 0.05) is 0 Å². The predicted octanol–water partition coefficient (Wildman–Crippen LogP) is 4.97. The van der Waals surface area contributed by atoms with E-state index in [1.165, 1.54) is 23.0 Å². The lowest BCUT2D eigenvalue weighted by atomic mass is 10.1. The first-order chi connectivity index (χ1) is 15.2. The van der Waals surface area contributed by atoms with E-state index in [0.29, 0.717) is 5.69 Å². The molecule has 1 aliphatic rings. The topological polar surface area (TPSA) is 64.8 Å². The molecule has 0 saturated carbocycles. The van der Waals surface area contributed by atoms with Gasteiger partial charge in [0.1, 0.15) is 5.25 Å². The molecular formula is C23H16F3N3O2S. The molecule has 0 unspecified atom stereocenters. The van der Waals surface area contributed by atoms with Crippen molar-refractivity contribution in [2.45, 2.75) is 17.2 Å². The fourth-order valence-electron chi connectivity index (χ4n) is 4.08. The highest BCUT2D eigenvalue weighted by molar-refractivity contribution is 7.91. The number of aromatic nitrogens is 3. The standard InChI is InChI=1S/C23H16F3N3O2S/c24-23(25,26)15-9-11-17(12-10-15)29-13-16(27-28-29)14-32(30,31)22-20-7-3-1-5-18(20)19-6-2-4-8-21(19)22/h1-13,22H,14H2. The van der Waals surface area contributed by atoms with Gasteiger partial charge in [0.15, 0.2) is 9.84 Å². The lowest BCUT2D eigenvalue weighted by molar-refractivity contribution is -0.137. The average molecular weight is 455 g/mol. The quantitative estimate of drug-likeness (QED) is 0.436. The Morgan fingerprint density at radius 3 is 1.97 bits per heavy atom. The molecule has 5 nitrogen and oxygen atoms in total. The summed E-state index contributed by atoms with van der Waals surface area (Å²) >= 11 is 0. The minimum absolute atomic E-state index is 0.215. The molecule has 32 heavy (non-hydrogen) atoms. The van der Waals surface area contributed by atoms with Gasteiger partial charge in [-0.1, -0.05) is 53.7 Å². The minimum atomic E-state index is -4.44. The molecule has 9 heteroatoms. The zero-order valence-corrected chi connectivity index (χ0v) is 17.3. The molecule has 4 aromatic rings. The van der Waals surface area contributed by atoms with Crippen LogP contribution < -0.4 is 0 Å². The van der Waals surface area contributed by atoms with Crippen molar-refractivity contribution in [2.24, 2.45) is 0 Å². The zero-order valence-electron chi connectivity index (χ0n) is 16.5. The van der Waals surface area contributed by atoms with E-state index in [1.807, 2.05) is 48.5 Å². The molecule has 0 fully saturated rings. The van der Waals surface area contributed by atoms with E-state index in [-0.39, 0.29) is 11.4 Å². The van der Waals surface area contributed by atoms with E-state index in [0.717, 1.165) is 34.4 Å². The van der Waals surface area contributed by atoms with Gasteiger partial charge in [-0.25, -0.2) is 13.1 Å². The second-order valence-electron chi connectivity index (χ2n) is 7.56. The van der Waals surface area contributed by atoms with Crippen LogP contribution in [0.15, 0.2) is 79.0 Å². The third kappa shape index (κ3) is 3.48. The summed E-state index contributed by atoms with van der Waals surface area (Å²) in [5, 5.41) is 7.03.